The number of para-hydroxylation sites is 1. The lowest BCUT2D eigenvalue weighted by atomic mass is 10.2. The predicted octanol–water partition coefficient (Wildman–Crippen LogP) is 1.53. The van der Waals surface area contributed by atoms with Gasteiger partial charge in [0.25, 0.3) is 0 Å². The summed E-state index contributed by atoms with van der Waals surface area (Å²) in [6, 6.07) is 7.33. The molecule has 5 heteroatoms. The third kappa shape index (κ3) is 2.79. The van der Waals surface area contributed by atoms with Crippen molar-refractivity contribution in [2.24, 2.45) is 0 Å². The van der Waals surface area contributed by atoms with Gasteiger partial charge in [-0.15, -0.1) is 0 Å². The molecule has 1 rings (SSSR count). The van der Waals surface area contributed by atoms with E-state index in [0.29, 0.717) is 12.2 Å². The number of rotatable bonds is 5. The fraction of sp³-hybridized carbons (Fsp3) is 0.500. The number of benzene rings is 1. The molecule has 1 aromatic rings. The number of hydrogen-bond acceptors (Lipinski definition) is 3. The zero-order valence-electron chi connectivity index (χ0n) is 10.4. The van der Waals surface area contributed by atoms with Gasteiger partial charge < -0.3 is 5.11 Å². The van der Waals surface area contributed by atoms with Crippen molar-refractivity contribution in [3.05, 3.63) is 29.8 Å². The zero-order chi connectivity index (χ0) is 13.1. The molecule has 0 saturated heterocycles. The van der Waals surface area contributed by atoms with Crippen LogP contribution in [0.15, 0.2) is 24.3 Å². The summed E-state index contributed by atoms with van der Waals surface area (Å²) in [4.78, 5) is 0. The van der Waals surface area contributed by atoms with Crippen LogP contribution in [0.25, 0.3) is 0 Å². The van der Waals surface area contributed by atoms with E-state index in [0.717, 1.165) is 5.56 Å². The Kier molecular flexibility index (Phi) is 4.54. The van der Waals surface area contributed by atoms with E-state index in [2.05, 4.69) is 0 Å². The average Bonchev–Trinajstić information content (AvgIpc) is 2.31. The van der Waals surface area contributed by atoms with E-state index in [-0.39, 0.29) is 6.61 Å². The molecule has 0 heterocycles. The van der Waals surface area contributed by atoms with Gasteiger partial charge in [0.2, 0.25) is 10.0 Å². The zero-order valence-corrected chi connectivity index (χ0v) is 11.2. The maximum atomic E-state index is 12.2. The number of nitrogens with zero attached hydrogens (tertiary/aromatic N) is 1. The largest absolute Gasteiger partial charge is 0.395 e. The van der Waals surface area contributed by atoms with Gasteiger partial charge in [0, 0.05) is 6.54 Å². The number of aryl methyl sites for hydroxylation is 1. The number of aliphatic hydroxyl groups excluding tert-OH is 1. The van der Waals surface area contributed by atoms with Crippen molar-refractivity contribution in [3.8, 4) is 0 Å². The van der Waals surface area contributed by atoms with Crippen molar-refractivity contribution in [2.45, 2.75) is 26.0 Å². The van der Waals surface area contributed by atoms with Gasteiger partial charge in [-0.2, -0.15) is 0 Å². The fourth-order valence-corrected chi connectivity index (χ4v) is 3.10. The quantitative estimate of drug-likeness (QED) is 0.870. The summed E-state index contributed by atoms with van der Waals surface area (Å²) in [5.41, 5.74) is 1.58. The van der Waals surface area contributed by atoms with E-state index >= 15 is 0 Å². The first-order chi connectivity index (χ1) is 7.95. The first kappa shape index (κ1) is 14.0. The highest BCUT2D eigenvalue weighted by molar-refractivity contribution is 7.93. The molecule has 0 saturated carbocycles. The van der Waals surface area contributed by atoms with Crippen molar-refractivity contribution >= 4 is 15.7 Å². The van der Waals surface area contributed by atoms with Crippen LogP contribution in [0.3, 0.4) is 0 Å². The lowest BCUT2D eigenvalue weighted by Gasteiger charge is -2.27. The van der Waals surface area contributed by atoms with Crippen LogP contribution in [0.5, 0.6) is 0 Å². The molecule has 0 aliphatic heterocycles. The Hall–Kier alpha value is -1.07. The molecule has 17 heavy (non-hydrogen) atoms. The molecule has 1 atom stereocenters. The van der Waals surface area contributed by atoms with E-state index in [4.69, 9.17) is 5.11 Å². The molecule has 0 aliphatic rings. The van der Waals surface area contributed by atoms with Gasteiger partial charge in [-0.05, 0) is 32.4 Å². The normalized spacial score (nSPS) is 13.4. The Morgan fingerprint density at radius 1 is 1.35 bits per heavy atom. The highest BCUT2D eigenvalue weighted by atomic mass is 32.2. The van der Waals surface area contributed by atoms with E-state index < -0.39 is 15.3 Å². The van der Waals surface area contributed by atoms with Gasteiger partial charge in [0.1, 0.15) is 5.25 Å². The molecule has 4 nitrogen and oxygen atoms in total. The Balaban J connectivity index is 3.22. The molecular weight excluding hydrogens is 238 g/mol. The molecule has 1 unspecified atom stereocenters. The summed E-state index contributed by atoms with van der Waals surface area (Å²) in [5, 5.41) is 8.24. The maximum absolute atomic E-state index is 12.2. The maximum Gasteiger partial charge on any atom is 0.240 e. The molecule has 0 radical (unpaired) electrons. The summed E-state index contributed by atoms with van der Waals surface area (Å²) in [6.45, 7) is 5.16. The lowest BCUT2D eigenvalue weighted by Crippen LogP contribution is -2.39. The molecule has 1 N–H and O–H groups in total. The summed E-state index contributed by atoms with van der Waals surface area (Å²) in [7, 11) is -3.49. The molecular formula is C12H19NO3S. The summed E-state index contributed by atoms with van der Waals surface area (Å²) < 4.78 is 25.8. The van der Waals surface area contributed by atoms with Crippen molar-refractivity contribution < 1.29 is 13.5 Å². The van der Waals surface area contributed by atoms with Crippen LogP contribution >= 0.6 is 0 Å². The molecule has 0 bridgehead atoms. The van der Waals surface area contributed by atoms with Crippen LogP contribution in [0.2, 0.25) is 0 Å². The van der Waals surface area contributed by atoms with Crippen molar-refractivity contribution in [3.63, 3.8) is 0 Å². The van der Waals surface area contributed by atoms with Gasteiger partial charge in [0.15, 0.2) is 0 Å². The summed E-state index contributed by atoms with van der Waals surface area (Å²) >= 11 is 0. The number of aliphatic hydroxyl groups is 1. The highest BCUT2D eigenvalue weighted by Crippen LogP contribution is 2.24. The molecule has 0 aromatic heterocycles. The van der Waals surface area contributed by atoms with Crippen LogP contribution in [0.1, 0.15) is 19.4 Å². The number of sulfonamides is 1. The van der Waals surface area contributed by atoms with E-state index in [1.165, 1.54) is 11.2 Å². The van der Waals surface area contributed by atoms with Crippen LogP contribution < -0.4 is 4.31 Å². The van der Waals surface area contributed by atoms with E-state index in [1.807, 2.05) is 25.1 Å². The number of hydrogen-bond donors (Lipinski definition) is 1. The van der Waals surface area contributed by atoms with Crippen LogP contribution in [0.4, 0.5) is 5.69 Å². The summed E-state index contributed by atoms with van der Waals surface area (Å²) in [5.74, 6) is 0. The van der Waals surface area contributed by atoms with Gasteiger partial charge >= 0.3 is 0 Å². The Morgan fingerprint density at radius 3 is 2.41 bits per heavy atom. The van der Waals surface area contributed by atoms with Crippen LogP contribution in [-0.4, -0.2) is 31.9 Å². The van der Waals surface area contributed by atoms with Crippen LogP contribution in [-0.2, 0) is 10.0 Å². The Labute approximate surface area is 103 Å². The minimum atomic E-state index is -3.49. The first-order valence-electron chi connectivity index (χ1n) is 5.63. The smallest absolute Gasteiger partial charge is 0.240 e. The third-order valence-corrected chi connectivity index (χ3v) is 4.98. The van der Waals surface area contributed by atoms with E-state index in [9.17, 15) is 8.42 Å². The average molecular weight is 257 g/mol. The SMILES string of the molecule is CCN(c1ccccc1C)S(=O)(=O)C(C)CO. The molecule has 96 valence electrons. The minimum Gasteiger partial charge on any atom is -0.395 e. The summed E-state index contributed by atoms with van der Waals surface area (Å²) in [6.07, 6.45) is 0. The topological polar surface area (TPSA) is 57.6 Å². The van der Waals surface area contributed by atoms with E-state index in [1.54, 1.807) is 13.0 Å². The standard InChI is InChI=1S/C12H19NO3S/c1-4-13(17(15,16)11(3)9-14)12-8-6-5-7-10(12)2/h5-8,11,14H,4,9H2,1-3H3. The monoisotopic (exact) mass is 257 g/mol. The molecule has 0 aliphatic carbocycles. The second kappa shape index (κ2) is 5.51. The third-order valence-electron chi connectivity index (χ3n) is 2.74. The second-order valence-corrected chi connectivity index (χ2v) is 6.26. The highest BCUT2D eigenvalue weighted by Gasteiger charge is 2.28. The fourth-order valence-electron chi connectivity index (χ4n) is 1.64. The lowest BCUT2D eigenvalue weighted by molar-refractivity contribution is 0.295. The van der Waals surface area contributed by atoms with Gasteiger partial charge in [0.05, 0.1) is 12.3 Å². The van der Waals surface area contributed by atoms with Gasteiger partial charge in [-0.25, -0.2) is 8.42 Å². The van der Waals surface area contributed by atoms with Crippen molar-refractivity contribution in [1.29, 1.82) is 0 Å². The molecule has 0 spiro atoms. The van der Waals surface area contributed by atoms with Gasteiger partial charge in [-0.3, -0.25) is 4.31 Å². The molecule has 1 aromatic carbocycles. The molecule has 0 amide bonds. The second-order valence-electron chi connectivity index (χ2n) is 3.99. The minimum absolute atomic E-state index is 0.359. The van der Waals surface area contributed by atoms with Gasteiger partial charge in [-0.1, -0.05) is 18.2 Å². The number of anilines is 1. The van der Waals surface area contributed by atoms with Crippen molar-refractivity contribution in [2.75, 3.05) is 17.5 Å². The predicted molar refractivity (Wildman–Crippen MR) is 69.7 cm³/mol. The Morgan fingerprint density at radius 2 is 1.94 bits per heavy atom. The molecule has 0 fully saturated rings. The van der Waals surface area contributed by atoms with Crippen LogP contribution in [0, 0.1) is 6.92 Å². The Bertz CT molecular complexity index is 470. The van der Waals surface area contributed by atoms with Crippen molar-refractivity contribution in [1.82, 2.24) is 0 Å². The first-order valence-corrected chi connectivity index (χ1v) is 7.13.